The van der Waals surface area contributed by atoms with Crippen molar-refractivity contribution >= 4 is 11.4 Å². The van der Waals surface area contributed by atoms with Crippen molar-refractivity contribution < 1.29 is 4.92 Å². The van der Waals surface area contributed by atoms with Gasteiger partial charge in [0.2, 0.25) is 0 Å². The van der Waals surface area contributed by atoms with Crippen LogP contribution in [0, 0.1) is 17.0 Å². The first kappa shape index (κ1) is 11.8. The summed E-state index contributed by atoms with van der Waals surface area (Å²) >= 11 is 0. The molecule has 0 amide bonds. The first-order chi connectivity index (χ1) is 8.50. The van der Waals surface area contributed by atoms with E-state index in [2.05, 4.69) is 0 Å². The van der Waals surface area contributed by atoms with Crippen LogP contribution < -0.4 is 11.3 Å². The lowest BCUT2D eigenvalue weighted by Crippen LogP contribution is -2.16. The summed E-state index contributed by atoms with van der Waals surface area (Å²) in [7, 11) is 0. The zero-order valence-corrected chi connectivity index (χ0v) is 9.66. The van der Waals surface area contributed by atoms with Gasteiger partial charge in [0.1, 0.15) is 5.69 Å². The first-order valence-electron chi connectivity index (χ1n) is 5.23. The molecule has 0 aliphatic heterocycles. The number of nitrogens with zero attached hydrogens (tertiary/aromatic N) is 2. The summed E-state index contributed by atoms with van der Waals surface area (Å²) in [6.07, 6.45) is 1.55. The second-order valence-corrected chi connectivity index (χ2v) is 3.86. The van der Waals surface area contributed by atoms with E-state index in [0.717, 1.165) is 0 Å². The van der Waals surface area contributed by atoms with Crippen LogP contribution in [0.25, 0.3) is 5.69 Å². The van der Waals surface area contributed by atoms with E-state index in [1.165, 1.54) is 16.7 Å². The predicted octanol–water partition coefficient (Wildman–Crippen LogP) is 1.64. The van der Waals surface area contributed by atoms with Crippen LogP contribution in [0.1, 0.15) is 5.56 Å². The van der Waals surface area contributed by atoms with E-state index >= 15 is 0 Å². The Bertz CT molecular complexity index is 677. The fourth-order valence-corrected chi connectivity index (χ4v) is 1.69. The van der Waals surface area contributed by atoms with Crippen molar-refractivity contribution in [3.63, 3.8) is 0 Å². The predicted molar refractivity (Wildman–Crippen MR) is 67.8 cm³/mol. The van der Waals surface area contributed by atoms with Crippen LogP contribution in [0.4, 0.5) is 11.4 Å². The lowest BCUT2D eigenvalue weighted by molar-refractivity contribution is -0.383. The third-order valence-electron chi connectivity index (χ3n) is 2.65. The molecule has 0 aliphatic rings. The van der Waals surface area contributed by atoms with Crippen LogP contribution in [0.2, 0.25) is 0 Å². The molecule has 0 unspecified atom stereocenters. The number of aromatic nitrogens is 1. The van der Waals surface area contributed by atoms with Gasteiger partial charge < -0.3 is 5.73 Å². The standard InChI is InChI=1S/C12H11N3O3/c1-8-6-9(7-10(12(8)13)15(17)18)14-5-3-2-4-11(14)16/h2-7H,13H2,1H3. The van der Waals surface area contributed by atoms with E-state index in [9.17, 15) is 14.9 Å². The average Bonchev–Trinajstić information content (AvgIpc) is 2.33. The second-order valence-electron chi connectivity index (χ2n) is 3.86. The molecule has 92 valence electrons. The summed E-state index contributed by atoms with van der Waals surface area (Å²) in [5, 5.41) is 10.9. The summed E-state index contributed by atoms with van der Waals surface area (Å²) in [4.78, 5) is 22.0. The molecule has 0 saturated heterocycles. The van der Waals surface area contributed by atoms with E-state index in [1.54, 1.807) is 31.3 Å². The Morgan fingerprint density at radius 3 is 2.67 bits per heavy atom. The fourth-order valence-electron chi connectivity index (χ4n) is 1.69. The van der Waals surface area contributed by atoms with Gasteiger partial charge in [-0.1, -0.05) is 6.07 Å². The molecule has 0 radical (unpaired) electrons. The Morgan fingerprint density at radius 1 is 1.33 bits per heavy atom. The molecule has 2 N–H and O–H groups in total. The highest BCUT2D eigenvalue weighted by Crippen LogP contribution is 2.27. The van der Waals surface area contributed by atoms with Gasteiger partial charge in [-0.05, 0) is 24.6 Å². The van der Waals surface area contributed by atoms with Crippen molar-refractivity contribution in [3.8, 4) is 5.69 Å². The van der Waals surface area contributed by atoms with Gasteiger partial charge >= 0.3 is 0 Å². The van der Waals surface area contributed by atoms with E-state index < -0.39 is 4.92 Å². The molecule has 0 fully saturated rings. The molecule has 2 aromatic rings. The second kappa shape index (κ2) is 4.33. The molecule has 0 aliphatic carbocycles. The van der Waals surface area contributed by atoms with Gasteiger partial charge in [-0.3, -0.25) is 19.5 Å². The topological polar surface area (TPSA) is 91.2 Å². The molecule has 1 aromatic carbocycles. The zero-order valence-electron chi connectivity index (χ0n) is 9.66. The van der Waals surface area contributed by atoms with Crippen LogP contribution >= 0.6 is 0 Å². The Morgan fingerprint density at radius 2 is 2.06 bits per heavy atom. The summed E-state index contributed by atoms with van der Waals surface area (Å²) in [6.45, 7) is 1.67. The van der Waals surface area contributed by atoms with E-state index in [4.69, 9.17) is 5.73 Å². The number of pyridine rings is 1. The molecule has 6 heteroatoms. The molecule has 0 bridgehead atoms. The van der Waals surface area contributed by atoms with E-state index in [1.807, 2.05) is 0 Å². The highest BCUT2D eigenvalue weighted by Gasteiger charge is 2.16. The molecule has 1 aromatic heterocycles. The van der Waals surface area contributed by atoms with Crippen LogP contribution in [-0.2, 0) is 0 Å². The van der Waals surface area contributed by atoms with Crippen molar-refractivity contribution in [1.82, 2.24) is 4.57 Å². The Balaban J connectivity index is 2.71. The number of nitro groups is 1. The fraction of sp³-hybridized carbons (Fsp3) is 0.0833. The van der Waals surface area contributed by atoms with Crippen LogP contribution in [0.15, 0.2) is 41.3 Å². The van der Waals surface area contributed by atoms with Gasteiger partial charge in [0.05, 0.1) is 10.6 Å². The first-order valence-corrected chi connectivity index (χ1v) is 5.23. The van der Waals surface area contributed by atoms with Gasteiger partial charge in [0.15, 0.2) is 0 Å². The maximum Gasteiger partial charge on any atom is 0.294 e. The number of hydrogen-bond acceptors (Lipinski definition) is 4. The summed E-state index contributed by atoms with van der Waals surface area (Å²) in [5.74, 6) is 0. The van der Waals surface area contributed by atoms with Gasteiger partial charge in [-0.2, -0.15) is 0 Å². The lowest BCUT2D eigenvalue weighted by Gasteiger charge is -2.08. The normalized spacial score (nSPS) is 10.3. The molecular weight excluding hydrogens is 234 g/mol. The average molecular weight is 245 g/mol. The van der Waals surface area contributed by atoms with Crippen molar-refractivity contribution in [2.75, 3.05) is 5.73 Å². The van der Waals surface area contributed by atoms with Gasteiger partial charge in [-0.25, -0.2) is 0 Å². The molecule has 0 spiro atoms. The summed E-state index contributed by atoms with van der Waals surface area (Å²) < 4.78 is 1.33. The number of benzene rings is 1. The van der Waals surface area contributed by atoms with Crippen molar-refractivity contribution in [2.24, 2.45) is 0 Å². The maximum absolute atomic E-state index is 11.7. The number of nitro benzene ring substituents is 1. The molecule has 1 heterocycles. The minimum absolute atomic E-state index is 0.118. The third-order valence-corrected chi connectivity index (χ3v) is 2.65. The van der Waals surface area contributed by atoms with Gasteiger partial charge in [0.25, 0.3) is 11.2 Å². The molecule has 0 atom stereocenters. The number of nitrogen functional groups attached to an aromatic ring is 1. The van der Waals surface area contributed by atoms with E-state index in [-0.39, 0.29) is 16.9 Å². The molecular formula is C12H11N3O3. The Labute approximate surface area is 102 Å². The van der Waals surface area contributed by atoms with Crippen molar-refractivity contribution in [1.29, 1.82) is 0 Å². The minimum atomic E-state index is -0.556. The zero-order chi connectivity index (χ0) is 13.3. The Hall–Kier alpha value is -2.63. The molecule has 18 heavy (non-hydrogen) atoms. The maximum atomic E-state index is 11.7. The van der Waals surface area contributed by atoms with Crippen LogP contribution in [0.3, 0.4) is 0 Å². The highest BCUT2D eigenvalue weighted by molar-refractivity contribution is 5.66. The van der Waals surface area contributed by atoms with Crippen molar-refractivity contribution in [2.45, 2.75) is 6.92 Å². The van der Waals surface area contributed by atoms with Crippen LogP contribution in [-0.4, -0.2) is 9.49 Å². The third kappa shape index (κ3) is 1.95. The largest absolute Gasteiger partial charge is 0.393 e. The summed E-state index contributed by atoms with van der Waals surface area (Å²) in [5.41, 5.74) is 6.30. The number of nitrogens with two attached hydrogens (primary N) is 1. The molecule has 6 nitrogen and oxygen atoms in total. The highest BCUT2D eigenvalue weighted by atomic mass is 16.6. The minimum Gasteiger partial charge on any atom is -0.393 e. The number of hydrogen-bond donors (Lipinski definition) is 1. The summed E-state index contributed by atoms with van der Waals surface area (Å²) in [6, 6.07) is 7.61. The lowest BCUT2D eigenvalue weighted by atomic mass is 10.1. The monoisotopic (exact) mass is 245 g/mol. The van der Waals surface area contributed by atoms with Crippen molar-refractivity contribution in [3.05, 3.63) is 62.6 Å². The quantitative estimate of drug-likeness (QED) is 0.494. The van der Waals surface area contributed by atoms with E-state index in [0.29, 0.717) is 11.3 Å². The smallest absolute Gasteiger partial charge is 0.294 e. The van der Waals surface area contributed by atoms with Gasteiger partial charge in [-0.15, -0.1) is 0 Å². The van der Waals surface area contributed by atoms with Gasteiger partial charge in [0, 0.05) is 18.3 Å². The number of aryl methyl sites for hydroxylation is 1. The number of anilines is 1. The SMILES string of the molecule is Cc1cc(-n2ccccc2=O)cc([N+](=O)[O-])c1N. The number of rotatable bonds is 2. The molecule has 0 saturated carbocycles. The van der Waals surface area contributed by atoms with Crippen LogP contribution in [0.5, 0.6) is 0 Å². The Kier molecular flexibility index (Phi) is 2.85. The molecule has 2 rings (SSSR count).